The van der Waals surface area contributed by atoms with Gasteiger partial charge in [-0.3, -0.25) is 9.59 Å². The van der Waals surface area contributed by atoms with Gasteiger partial charge >= 0.3 is 0 Å². The Morgan fingerprint density at radius 3 is 2.40 bits per heavy atom. The van der Waals surface area contributed by atoms with E-state index in [1.807, 2.05) is 33.8 Å². The first-order valence-corrected chi connectivity index (χ1v) is 8.93. The van der Waals surface area contributed by atoms with Crippen LogP contribution in [0.3, 0.4) is 0 Å². The van der Waals surface area contributed by atoms with Crippen molar-refractivity contribution in [3.8, 4) is 0 Å². The Balaban J connectivity index is 1.93. The number of hydrogen-bond acceptors (Lipinski definition) is 3. The fourth-order valence-electron chi connectivity index (χ4n) is 2.12. The van der Waals surface area contributed by atoms with Gasteiger partial charge in [-0.15, -0.1) is 11.3 Å². The molecule has 0 spiro atoms. The van der Waals surface area contributed by atoms with Crippen LogP contribution in [0.1, 0.15) is 41.6 Å². The quantitative estimate of drug-likeness (QED) is 0.839. The van der Waals surface area contributed by atoms with Crippen molar-refractivity contribution in [2.45, 2.75) is 34.1 Å². The van der Waals surface area contributed by atoms with E-state index in [0.717, 1.165) is 11.1 Å². The number of benzene rings is 1. The molecule has 0 fully saturated rings. The maximum Gasteiger partial charge on any atom is 0.261 e. The number of anilines is 1. The van der Waals surface area contributed by atoms with Crippen LogP contribution < -0.4 is 10.6 Å². The molecule has 2 amide bonds. The molecule has 1 aromatic heterocycles. The van der Waals surface area contributed by atoms with E-state index in [9.17, 15) is 14.0 Å². The molecule has 1 heterocycles. The van der Waals surface area contributed by atoms with E-state index in [2.05, 4.69) is 10.6 Å². The van der Waals surface area contributed by atoms with Gasteiger partial charge in [-0.1, -0.05) is 32.9 Å². The van der Waals surface area contributed by atoms with Gasteiger partial charge in [-0.2, -0.15) is 0 Å². The fraction of sp³-hybridized carbons (Fsp3) is 0.368. The van der Waals surface area contributed by atoms with Gasteiger partial charge in [-0.05, 0) is 42.7 Å². The first-order chi connectivity index (χ1) is 11.7. The molecule has 1 aromatic carbocycles. The molecular weight excluding hydrogens is 339 g/mol. The minimum atomic E-state index is -0.491. The molecule has 0 radical (unpaired) electrons. The summed E-state index contributed by atoms with van der Waals surface area (Å²) in [7, 11) is 0. The highest BCUT2D eigenvalue weighted by molar-refractivity contribution is 7.18. The minimum absolute atomic E-state index is 0.0861. The zero-order valence-electron chi connectivity index (χ0n) is 14.9. The number of rotatable bonds is 5. The lowest BCUT2D eigenvalue weighted by atomic mass is 9.96. The molecule has 2 N–H and O–H groups in total. The highest BCUT2D eigenvalue weighted by atomic mass is 32.1. The SMILES string of the molecule is Cc1cc(NC(=O)C(C)(C)C)sc1C(=O)NCCc1ccc(F)cc1. The normalized spacial score (nSPS) is 11.2. The molecule has 2 rings (SSSR count). The topological polar surface area (TPSA) is 58.2 Å². The molecule has 134 valence electrons. The predicted molar refractivity (Wildman–Crippen MR) is 99.6 cm³/mol. The number of nitrogens with one attached hydrogen (secondary N) is 2. The van der Waals surface area contributed by atoms with Gasteiger partial charge < -0.3 is 10.6 Å². The third-order valence-electron chi connectivity index (χ3n) is 3.65. The summed E-state index contributed by atoms with van der Waals surface area (Å²) >= 11 is 1.27. The summed E-state index contributed by atoms with van der Waals surface area (Å²) < 4.78 is 12.9. The second kappa shape index (κ2) is 7.78. The van der Waals surface area contributed by atoms with Crippen LogP contribution in [0.25, 0.3) is 0 Å². The van der Waals surface area contributed by atoms with Crippen molar-refractivity contribution in [1.29, 1.82) is 0 Å². The summed E-state index contributed by atoms with van der Waals surface area (Å²) in [6.45, 7) is 7.83. The molecule has 2 aromatic rings. The molecule has 0 aliphatic rings. The molecule has 0 atom stereocenters. The molecule has 4 nitrogen and oxygen atoms in total. The molecular formula is C19H23FN2O2S. The van der Waals surface area contributed by atoms with Gasteiger partial charge in [0.25, 0.3) is 5.91 Å². The predicted octanol–water partition coefficient (Wildman–Crippen LogP) is 4.15. The van der Waals surface area contributed by atoms with Gasteiger partial charge in [0, 0.05) is 12.0 Å². The summed E-state index contributed by atoms with van der Waals surface area (Å²) in [6.07, 6.45) is 0.629. The highest BCUT2D eigenvalue weighted by Gasteiger charge is 2.23. The second-order valence-electron chi connectivity index (χ2n) is 6.96. The van der Waals surface area contributed by atoms with Gasteiger partial charge in [0.15, 0.2) is 0 Å². The average molecular weight is 362 g/mol. The monoisotopic (exact) mass is 362 g/mol. The number of carbonyl (C=O) groups is 2. The molecule has 0 unspecified atom stereocenters. The lowest BCUT2D eigenvalue weighted by molar-refractivity contribution is -0.123. The molecule has 0 aliphatic heterocycles. The third-order valence-corrected chi connectivity index (χ3v) is 4.81. The number of amides is 2. The third kappa shape index (κ3) is 5.39. The van der Waals surface area contributed by atoms with E-state index in [-0.39, 0.29) is 17.6 Å². The largest absolute Gasteiger partial charge is 0.351 e. The van der Waals surface area contributed by atoms with Crippen molar-refractivity contribution in [3.05, 3.63) is 52.2 Å². The van der Waals surface area contributed by atoms with Crippen molar-refractivity contribution in [1.82, 2.24) is 5.32 Å². The van der Waals surface area contributed by atoms with Crippen molar-refractivity contribution < 1.29 is 14.0 Å². The van der Waals surface area contributed by atoms with Crippen LogP contribution in [0.2, 0.25) is 0 Å². The highest BCUT2D eigenvalue weighted by Crippen LogP contribution is 2.28. The Labute approximate surface area is 151 Å². The van der Waals surface area contributed by atoms with Crippen molar-refractivity contribution in [2.24, 2.45) is 5.41 Å². The van der Waals surface area contributed by atoms with E-state index in [0.29, 0.717) is 22.8 Å². The Hall–Kier alpha value is -2.21. The Morgan fingerprint density at radius 1 is 1.16 bits per heavy atom. The van der Waals surface area contributed by atoms with Crippen LogP contribution in [-0.4, -0.2) is 18.4 Å². The lowest BCUT2D eigenvalue weighted by Gasteiger charge is -2.16. The molecule has 0 saturated carbocycles. The van der Waals surface area contributed by atoms with E-state index in [1.54, 1.807) is 12.1 Å². The zero-order chi connectivity index (χ0) is 18.6. The van der Waals surface area contributed by atoms with Crippen molar-refractivity contribution in [2.75, 3.05) is 11.9 Å². The van der Waals surface area contributed by atoms with Gasteiger partial charge in [0.1, 0.15) is 5.82 Å². The standard InChI is InChI=1S/C19H23FN2O2S/c1-12-11-15(22-18(24)19(2,3)4)25-16(12)17(23)21-10-9-13-5-7-14(20)8-6-13/h5-8,11H,9-10H2,1-4H3,(H,21,23)(H,22,24). The minimum Gasteiger partial charge on any atom is -0.351 e. The van der Waals surface area contributed by atoms with Crippen LogP contribution in [-0.2, 0) is 11.2 Å². The lowest BCUT2D eigenvalue weighted by Crippen LogP contribution is -2.27. The number of halogens is 1. The molecule has 6 heteroatoms. The van der Waals surface area contributed by atoms with Crippen LogP contribution in [0.4, 0.5) is 9.39 Å². The van der Waals surface area contributed by atoms with Gasteiger partial charge in [0.05, 0.1) is 9.88 Å². The Morgan fingerprint density at radius 2 is 1.80 bits per heavy atom. The van der Waals surface area contributed by atoms with Crippen LogP contribution in [0.15, 0.2) is 30.3 Å². The van der Waals surface area contributed by atoms with Crippen LogP contribution in [0.5, 0.6) is 0 Å². The first kappa shape index (κ1) is 19.1. The number of aryl methyl sites for hydroxylation is 1. The fourth-order valence-corrected chi connectivity index (χ4v) is 3.10. The Bertz CT molecular complexity index is 761. The van der Waals surface area contributed by atoms with Gasteiger partial charge in [0.2, 0.25) is 5.91 Å². The van der Waals surface area contributed by atoms with Crippen molar-refractivity contribution in [3.63, 3.8) is 0 Å². The molecule has 0 bridgehead atoms. The van der Waals surface area contributed by atoms with Crippen LogP contribution >= 0.6 is 11.3 Å². The van der Waals surface area contributed by atoms with Gasteiger partial charge in [-0.25, -0.2) is 4.39 Å². The van der Waals surface area contributed by atoms with Crippen molar-refractivity contribution >= 4 is 28.2 Å². The smallest absolute Gasteiger partial charge is 0.261 e. The van der Waals surface area contributed by atoms with E-state index in [4.69, 9.17) is 0 Å². The number of hydrogen-bond donors (Lipinski definition) is 2. The maximum absolute atomic E-state index is 12.9. The van der Waals surface area contributed by atoms with E-state index >= 15 is 0 Å². The summed E-state index contributed by atoms with van der Waals surface area (Å²) in [5.74, 6) is -0.523. The maximum atomic E-state index is 12.9. The number of thiophene rings is 1. The molecule has 0 saturated heterocycles. The summed E-state index contributed by atoms with van der Waals surface area (Å²) in [5, 5.41) is 6.38. The molecule has 25 heavy (non-hydrogen) atoms. The Kier molecular flexibility index (Phi) is 5.95. The van der Waals surface area contributed by atoms with Crippen LogP contribution in [0, 0.1) is 18.2 Å². The van der Waals surface area contributed by atoms with E-state index < -0.39 is 5.41 Å². The summed E-state index contributed by atoms with van der Waals surface area (Å²) in [6, 6.07) is 8.04. The molecule has 0 aliphatic carbocycles. The average Bonchev–Trinajstić information content (AvgIpc) is 2.89. The number of carbonyl (C=O) groups excluding carboxylic acids is 2. The second-order valence-corrected chi connectivity index (χ2v) is 8.01. The first-order valence-electron chi connectivity index (χ1n) is 8.11. The summed E-state index contributed by atoms with van der Waals surface area (Å²) in [4.78, 5) is 25.0. The van der Waals surface area contributed by atoms with E-state index in [1.165, 1.54) is 23.5 Å². The zero-order valence-corrected chi connectivity index (χ0v) is 15.7. The summed E-state index contributed by atoms with van der Waals surface area (Å²) in [5.41, 5.74) is 1.30.